The number of aromatic nitrogens is 2. The Morgan fingerprint density at radius 2 is 1.93 bits per heavy atom. The van der Waals surface area contributed by atoms with E-state index in [4.69, 9.17) is 33.7 Å². The summed E-state index contributed by atoms with van der Waals surface area (Å²) in [4.78, 5) is 10.9. The van der Waals surface area contributed by atoms with E-state index in [2.05, 4.69) is 39.8 Å². The predicted molar refractivity (Wildman–Crippen MR) is 169 cm³/mol. The number of nitrogens with one attached hydrogen (secondary N) is 2. The largest absolute Gasteiger partial charge is 0.513 e. The monoisotopic (exact) mass is 643 g/mol. The van der Waals surface area contributed by atoms with Crippen LogP contribution in [0.2, 0.25) is 10.0 Å². The third-order valence-electron chi connectivity index (χ3n) is 7.27. The molecule has 0 saturated carbocycles. The van der Waals surface area contributed by atoms with E-state index in [0.717, 1.165) is 31.4 Å². The fourth-order valence-electron chi connectivity index (χ4n) is 5.32. The topological polar surface area (TPSA) is 105 Å². The van der Waals surface area contributed by atoms with Crippen LogP contribution in [0.5, 0.6) is 0 Å². The van der Waals surface area contributed by atoms with Gasteiger partial charge in [-0.05, 0) is 75.3 Å². The SMILES string of the molecule is C=C(C)O.CC.CC(Nc1nc(C2=CCC(N3CCCC3CO)C(C)C2)cnc1C(=N)C(F)(F)F)c1ccc(Cl)cc1Cl. The number of likely N-dealkylation sites (tertiary alicyclic amines) is 1. The average molecular weight is 645 g/mol. The van der Waals surface area contributed by atoms with Crippen molar-refractivity contribution in [3.05, 3.63) is 69.8 Å². The summed E-state index contributed by atoms with van der Waals surface area (Å²) in [5.41, 5.74) is -0.139. The Kier molecular flexibility index (Phi) is 14.0. The van der Waals surface area contributed by atoms with Gasteiger partial charge in [0.1, 0.15) is 5.69 Å². The molecule has 0 radical (unpaired) electrons. The number of halogens is 5. The number of allylic oxidation sites excluding steroid dienone is 2. The van der Waals surface area contributed by atoms with Crippen molar-refractivity contribution in [3.8, 4) is 0 Å². The molecule has 1 aliphatic carbocycles. The average Bonchev–Trinajstić information content (AvgIpc) is 3.41. The van der Waals surface area contributed by atoms with E-state index in [1.54, 1.807) is 25.1 Å². The van der Waals surface area contributed by atoms with Crippen LogP contribution >= 0.6 is 23.2 Å². The van der Waals surface area contributed by atoms with Crippen molar-refractivity contribution in [1.29, 1.82) is 5.41 Å². The molecule has 0 spiro atoms. The molecule has 4 rings (SSSR count). The molecule has 1 aromatic heterocycles. The first-order valence-corrected chi connectivity index (χ1v) is 15.1. The van der Waals surface area contributed by atoms with Gasteiger partial charge in [0.2, 0.25) is 0 Å². The summed E-state index contributed by atoms with van der Waals surface area (Å²) in [6.45, 7) is 13.6. The predicted octanol–water partition coefficient (Wildman–Crippen LogP) is 8.63. The molecular weight excluding hydrogens is 602 g/mol. The van der Waals surface area contributed by atoms with E-state index in [0.29, 0.717) is 33.8 Å². The van der Waals surface area contributed by atoms with E-state index >= 15 is 0 Å². The van der Waals surface area contributed by atoms with Crippen LogP contribution in [0, 0.1) is 11.3 Å². The lowest BCUT2D eigenvalue weighted by Crippen LogP contribution is -2.45. The van der Waals surface area contributed by atoms with Crippen LogP contribution in [-0.4, -0.2) is 62.2 Å². The van der Waals surface area contributed by atoms with Crippen LogP contribution < -0.4 is 5.32 Å². The molecule has 2 heterocycles. The summed E-state index contributed by atoms with van der Waals surface area (Å²) >= 11 is 12.3. The van der Waals surface area contributed by atoms with Crippen LogP contribution in [0.25, 0.3) is 5.57 Å². The summed E-state index contributed by atoms with van der Waals surface area (Å²) in [7, 11) is 0. The molecule has 0 bridgehead atoms. The Hall–Kier alpha value is -2.66. The summed E-state index contributed by atoms with van der Waals surface area (Å²) in [5, 5.41) is 29.1. The summed E-state index contributed by atoms with van der Waals surface area (Å²) in [6.07, 6.45) is 1.99. The zero-order valence-corrected chi connectivity index (χ0v) is 26.8. The minimum absolute atomic E-state index is 0.131. The third kappa shape index (κ3) is 9.93. The van der Waals surface area contributed by atoms with Gasteiger partial charge in [0, 0.05) is 22.1 Å². The van der Waals surface area contributed by atoms with Crippen LogP contribution in [-0.2, 0) is 0 Å². The molecule has 1 aliphatic heterocycles. The van der Waals surface area contributed by atoms with Crippen molar-refractivity contribution >= 4 is 40.3 Å². The quantitative estimate of drug-likeness (QED) is 0.178. The zero-order valence-electron chi connectivity index (χ0n) is 25.3. The van der Waals surface area contributed by atoms with Gasteiger partial charge in [0.15, 0.2) is 11.5 Å². The number of rotatable bonds is 7. The fraction of sp³-hybridized carbons (Fsp3) is 0.516. The van der Waals surface area contributed by atoms with E-state index < -0.39 is 23.6 Å². The highest BCUT2D eigenvalue weighted by Gasteiger charge is 2.39. The van der Waals surface area contributed by atoms with Crippen molar-refractivity contribution in [2.75, 3.05) is 18.5 Å². The highest BCUT2D eigenvalue weighted by molar-refractivity contribution is 6.35. The molecule has 4 N–H and O–H groups in total. The summed E-state index contributed by atoms with van der Waals surface area (Å²) in [5.74, 6) is 0.305. The van der Waals surface area contributed by atoms with Crippen molar-refractivity contribution in [3.63, 3.8) is 0 Å². The maximum atomic E-state index is 13.5. The lowest BCUT2D eigenvalue weighted by atomic mass is 9.83. The number of aliphatic hydroxyl groups is 2. The van der Waals surface area contributed by atoms with Gasteiger partial charge in [-0.1, -0.05) is 62.7 Å². The molecule has 0 amide bonds. The molecule has 43 heavy (non-hydrogen) atoms. The standard InChI is InChI=1S/C26H30Cl2F3N5O.C3H6O.C2H6/c1-14-10-16(5-8-22(14)36-9-3-4-18(36)13-37)21-12-33-23(24(32)26(29,30)31)25(35-21)34-15(2)19-7-6-17(27)11-20(19)28;1-3(2)4;1-2/h5-7,11-12,14-15,18,22,32,37H,3-4,8-10,13H2,1-2H3,(H,34,35);4H,1H2,2H3;1-2H3. The molecule has 12 heteroatoms. The zero-order chi connectivity index (χ0) is 32.5. The lowest BCUT2D eigenvalue weighted by Gasteiger charge is -2.38. The van der Waals surface area contributed by atoms with E-state index in [1.165, 1.54) is 13.1 Å². The Morgan fingerprint density at radius 1 is 1.28 bits per heavy atom. The second-order valence-corrected chi connectivity index (χ2v) is 11.4. The molecule has 1 aromatic carbocycles. The number of anilines is 1. The maximum Gasteiger partial charge on any atom is 0.434 e. The lowest BCUT2D eigenvalue weighted by molar-refractivity contribution is -0.0589. The van der Waals surface area contributed by atoms with Gasteiger partial charge in [-0.25, -0.2) is 9.97 Å². The molecule has 2 aromatic rings. The number of benzene rings is 1. The first-order chi connectivity index (χ1) is 20.2. The maximum absolute atomic E-state index is 13.5. The minimum atomic E-state index is -4.88. The van der Waals surface area contributed by atoms with Crippen molar-refractivity contribution in [2.24, 2.45) is 5.92 Å². The van der Waals surface area contributed by atoms with Gasteiger partial charge in [0.25, 0.3) is 0 Å². The third-order valence-corrected chi connectivity index (χ3v) is 7.83. The van der Waals surface area contributed by atoms with Gasteiger partial charge >= 0.3 is 6.18 Å². The Bertz CT molecular complexity index is 1280. The number of aliphatic hydroxyl groups excluding tert-OH is 2. The van der Waals surface area contributed by atoms with Crippen molar-refractivity contribution < 1.29 is 23.4 Å². The van der Waals surface area contributed by atoms with Gasteiger partial charge in [-0.3, -0.25) is 10.3 Å². The minimum Gasteiger partial charge on any atom is -0.513 e. The molecule has 4 unspecified atom stereocenters. The summed E-state index contributed by atoms with van der Waals surface area (Å²) in [6, 6.07) is 4.84. The van der Waals surface area contributed by atoms with E-state index in [9.17, 15) is 18.3 Å². The smallest absolute Gasteiger partial charge is 0.434 e. The number of hydrogen-bond acceptors (Lipinski definition) is 7. The van der Waals surface area contributed by atoms with Gasteiger partial charge in [0.05, 0.1) is 30.3 Å². The molecule has 4 atom stereocenters. The van der Waals surface area contributed by atoms with Crippen molar-refractivity contribution in [2.45, 2.75) is 84.6 Å². The number of alkyl halides is 3. The molecule has 238 valence electrons. The van der Waals surface area contributed by atoms with Crippen LogP contribution in [0.1, 0.15) is 83.3 Å². The number of nitrogens with zero attached hydrogens (tertiary/aromatic N) is 3. The van der Waals surface area contributed by atoms with Crippen molar-refractivity contribution in [1.82, 2.24) is 14.9 Å². The first kappa shape index (κ1) is 36.5. The summed E-state index contributed by atoms with van der Waals surface area (Å²) < 4.78 is 40.4. The van der Waals surface area contributed by atoms with Crippen LogP contribution in [0.3, 0.4) is 0 Å². The van der Waals surface area contributed by atoms with E-state index in [1.807, 2.05) is 13.8 Å². The first-order valence-electron chi connectivity index (χ1n) is 14.4. The Balaban J connectivity index is 0.000000993. The molecule has 7 nitrogen and oxygen atoms in total. The van der Waals surface area contributed by atoms with Gasteiger partial charge in [-0.2, -0.15) is 13.2 Å². The van der Waals surface area contributed by atoms with Gasteiger partial charge < -0.3 is 15.5 Å². The Labute approximate surface area is 262 Å². The van der Waals surface area contributed by atoms with Crippen LogP contribution in [0.15, 0.2) is 42.8 Å². The molecule has 2 aliphatic rings. The molecule has 1 fully saturated rings. The normalized spacial score (nSPS) is 21.0. The second-order valence-electron chi connectivity index (χ2n) is 10.5. The number of hydrogen-bond donors (Lipinski definition) is 4. The van der Waals surface area contributed by atoms with Gasteiger partial charge in [-0.15, -0.1) is 0 Å². The van der Waals surface area contributed by atoms with E-state index in [-0.39, 0.29) is 30.1 Å². The molecule has 1 saturated heterocycles. The van der Waals surface area contributed by atoms with Crippen LogP contribution in [0.4, 0.5) is 19.0 Å². The second kappa shape index (κ2) is 16.4. The molecular formula is C31H42Cl2F3N5O2. The Morgan fingerprint density at radius 3 is 2.49 bits per heavy atom. The fourth-order valence-corrected chi connectivity index (χ4v) is 5.89. The highest BCUT2D eigenvalue weighted by atomic mass is 35.5. The highest BCUT2D eigenvalue weighted by Crippen LogP contribution is 2.37.